The highest BCUT2D eigenvalue weighted by molar-refractivity contribution is 6.04. The number of fused-ring (bicyclic) bond motifs is 1. The lowest BCUT2D eigenvalue weighted by Crippen LogP contribution is -2.15. The summed E-state index contributed by atoms with van der Waals surface area (Å²) in [5, 5.41) is 10.6. The molecule has 0 fully saturated rings. The van der Waals surface area contributed by atoms with Crippen molar-refractivity contribution in [2.24, 2.45) is 5.73 Å². The first-order valence-electron chi connectivity index (χ1n) is 7.25. The van der Waals surface area contributed by atoms with Crippen LogP contribution in [0, 0.1) is 13.8 Å². The molecule has 1 heterocycles. The predicted octanol–water partition coefficient (Wildman–Crippen LogP) is 3.21. The fourth-order valence-corrected chi connectivity index (χ4v) is 2.78. The van der Waals surface area contributed by atoms with E-state index in [9.17, 15) is 9.90 Å². The van der Waals surface area contributed by atoms with Gasteiger partial charge in [0.2, 0.25) is 0 Å². The van der Waals surface area contributed by atoms with Crippen LogP contribution >= 0.6 is 0 Å². The second-order valence-corrected chi connectivity index (χ2v) is 6.63. The van der Waals surface area contributed by atoms with Crippen LogP contribution in [0.3, 0.4) is 0 Å². The van der Waals surface area contributed by atoms with Crippen LogP contribution in [0.5, 0.6) is 0 Å². The van der Waals surface area contributed by atoms with Gasteiger partial charge in [-0.2, -0.15) is 0 Å². The van der Waals surface area contributed by atoms with Crippen molar-refractivity contribution in [3.05, 3.63) is 34.5 Å². The zero-order valence-electron chi connectivity index (χ0n) is 13.4. The standard InChI is InChI=1S/C17H24N2O2/c1-10-11(2)19(7-6-18)15-13(10)8-12(17(3,4)5)9-14(15)16(20)21/h8-9H,6-7,18H2,1-5H3,(H,20,21). The Morgan fingerprint density at radius 3 is 2.38 bits per heavy atom. The summed E-state index contributed by atoms with van der Waals surface area (Å²) in [6.45, 7) is 11.5. The van der Waals surface area contributed by atoms with Gasteiger partial charge < -0.3 is 15.4 Å². The molecule has 0 saturated heterocycles. The van der Waals surface area contributed by atoms with Gasteiger partial charge in [-0.15, -0.1) is 0 Å². The average molecular weight is 288 g/mol. The van der Waals surface area contributed by atoms with Crippen molar-refractivity contribution in [2.75, 3.05) is 6.54 Å². The van der Waals surface area contributed by atoms with E-state index in [1.165, 1.54) is 0 Å². The van der Waals surface area contributed by atoms with Gasteiger partial charge in [0, 0.05) is 24.2 Å². The molecule has 0 unspecified atom stereocenters. The summed E-state index contributed by atoms with van der Waals surface area (Å²) in [7, 11) is 0. The third kappa shape index (κ3) is 2.56. The molecule has 0 aliphatic carbocycles. The van der Waals surface area contributed by atoms with Crippen LogP contribution < -0.4 is 5.73 Å². The molecule has 3 N–H and O–H groups in total. The van der Waals surface area contributed by atoms with Gasteiger partial charge in [0.05, 0.1) is 11.1 Å². The average Bonchev–Trinajstić information content (AvgIpc) is 2.62. The van der Waals surface area contributed by atoms with Gasteiger partial charge in [0.15, 0.2) is 0 Å². The minimum Gasteiger partial charge on any atom is -0.478 e. The topological polar surface area (TPSA) is 68.2 Å². The van der Waals surface area contributed by atoms with Crippen molar-refractivity contribution in [2.45, 2.75) is 46.6 Å². The molecule has 0 atom stereocenters. The zero-order chi connectivity index (χ0) is 15.9. The van der Waals surface area contributed by atoms with E-state index in [4.69, 9.17) is 5.73 Å². The summed E-state index contributed by atoms with van der Waals surface area (Å²) >= 11 is 0. The van der Waals surface area contributed by atoms with Gasteiger partial charge in [0.25, 0.3) is 0 Å². The number of hydrogen-bond donors (Lipinski definition) is 2. The lowest BCUT2D eigenvalue weighted by Gasteiger charge is -2.20. The van der Waals surface area contributed by atoms with E-state index in [1.54, 1.807) is 6.07 Å². The van der Waals surface area contributed by atoms with E-state index < -0.39 is 5.97 Å². The van der Waals surface area contributed by atoms with E-state index in [-0.39, 0.29) is 5.41 Å². The number of aromatic carboxylic acids is 1. The highest BCUT2D eigenvalue weighted by atomic mass is 16.4. The summed E-state index contributed by atoms with van der Waals surface area (Å²) in [6.07, 6.45) is 0. The summed E-state index contributed by atoms with van der Waals surface area (Å²) < 4.78 is 2.03. The molecule has 0 saturated carbocycles. The van der Waals surface area contributed by atoms with E-state index in [1.807, 2.05) is 18.4 Å². The molecule has 0 radical (unpaired) electrons. The van der Waals surface area contributed by atoms with Crippen LogP contribution in [0.1, 0.15) is 48.0 Å². The Hall–Kier alpha value is -1.81. The van der Waals surface area contributed by atoms with Crippen LogP contribution in [0.15, 0.2) is 12.1 Å². The number of aromatic nitrogens is 1. The Morgan fingerprint density at radius 2 is 1.90 bits per heavy atom. The van der Waals surface area contributed by atoms with E-state index in [2.05, 4.69) is 26.8 Å². The number of carboxylic acids is 1. The molecule has 1 aromatic heterocycles. The van der Waals surface area contributed by atoms with Gasteiger partial charge in [-0.05, 0) is 42.5 Å². The van der Waals surface area contributed by atoms with Gasteiger partial charge in [0.1, 0.15) is 0 Å². The van der Waals surface area contributed by atoms with Crippen LogP contribution in [0.25, 0.3) is 10.9 Å². The van der Waals surface area contributed by atoms with Crippen molar-refractivity contribution in [1.29, 1.82) is 0 Å². The number of rotatable bonds is 3. The number of carboxylic acid groups (broad SMARTS) is 1. The summed E-state index contributed by atoms with van der Waals surface area (Å²) in [6, 6.07) is 3.92. The molecule has 114 valence electrons. The minimum absolute atomic E-state index is 0.0886. The third-order valence-corrected chi connectivity index (χ3v) is 4.18. The molecule has 21 heavy (non-hydrogen) atoms. The first-order valence-corrected chi connectivity index (χ1v) is 7.25. The van der Waals surface area contributed by atoms with Crippen molar-refractivity contribution >= 4 is 16.9 Å². The molecular formula is C17H24N2O2. The van der Waals surface area contributed by atoms with Gasteiger partial charge in [-0.3, -0.25) is 0 Å². The molecule has 4 heteroatoms. The monoisotopic (exact) mass is 288 g/mol. The summed E-state index contributed by atoms with van der Waals surface area (Å²) in [4.78, 5) is 11.7. The molecule has 0 spiro atoms. The quantitative estimate of drug-likeness (QED) is 0.911. The number of nitrogens with two attached hydrogens (primary N) is 1. The van der Waals surface area contributed by atoms with Crippen molar-refractivity contribution in [1.82, 2.24) is 4.57 Å². The van der Waals surface area contributed by atoms with E-state index >= 15 is 0 Å². The molecule has 0 aliphatic heterocycles. The highest BCUT2D eigenvalue weighted by Crippen LogP contribution is 2.33. The maximum Gasteiger partial charge on any atom is 0.337 e. The summed E-state index contributed by atoms with van der Waals surface area (Å²) in [5.74, 6) is -0.887. The second kappa shape index (κ2) is 5.19. The number of aryl methyl sites for hydroxylation is 1. The van der Waals surface area contributed by atoms with Crippen molar-refractivity contribution in [3.8, 4) is 0 Å². The van der Waals surface area contributed by atoms with Gasteiger partial charge in [-0.25, -0.2) is 4.79 Å². The molecule has 1 aromatic carbocycles. The van der Waals surface area contributed by atoms with Crippen LogP contribution in [0.4, 0.5) is 0 Å². The Kier molecular flexibility index (Phi) is 3.85. The van der Waals surface area contributed by atoms with Crippen molar-refractivity contribution < 1.29 is 9.90 Å². The van der Waals surface area contributed by atoms with Crippen LogP contribution in [-0.4, -0.2) is 22.2 Å². The maximum absolute atomic E-state index is 11.7. The molecule has 4 nitrogen and oxygen atoms in total. The van der Waals surface area contributed by atoms with Gasteiger partial charge >= 0.3 is 5.97 Å². The minimum atomic E-state index is -0.887. The molecule has 2 aromatic rings. The molecule has 2 rings (SSSR count). The smallest absolute Gasteiger partial charge is 0.337 e. The molecular weight excluding hydrogens is 264 g/mol. The summed E-state index contributed by atoms with van der Waals surface area (Å²) in [5.41, 5.74) is 10.0. The van der Waals surface area contributed by atoms with Crippen molar-refractivity contribution in [3.63, 3.8) is 0 Å². The van der Waals surface area contributed by atoms with E-state index in [0.29, 0.717) is 18.7 Å². The molecule has 0 aliphatic rings. The first kappa shape index (κ1) is 15.6. The fourth-order valence-electron chi connectivity index (χ4n) is 2.78. The third-order valence-electron chi connectivity index (χ3n) is 4.18. The highest BCUT2D eigenvalue weighted by Gasteiger charge is 2.23. The Labute approximate surface area is 125 Å². The fraction of sp³-hybridized carbons (Fsp3) is 0.471. The largest absolute Gasteiger partial charge is 0.478 e. The Bertz CT molecular complexity index is 706. The first-order chi connectivity index (χ1) is 9.68. The number of hydrogen-bond acceptors (Lipinski definition) is 2. The van der Waals surface area contributed by atoms with Crippen LogP contribution in [-0.2, 0) is 12.0 Å². The second-order valence-electron chi connectivity index (χ2n) is 6.63. The zero-order valence-corrected chi connectivity index (χ0v) is 13.4. The number of nitrogens with zero attached hydrogens (tertiary/aromatic N) is 1. The van der Waals surface area contributed by atoms with E-state index in [0.717, 1.165) is 27.7 Å². The lowest BCUT2D eigenvalue weighted by atomic mass is 9.85. The SMILES string of the molecule is Cc1c(C)n(CCN)c2c(C(=O)O)cc(C(C)(C)C)cc12. The molecule has 0 bridgehead atoms. The lowest BCUT2D eigenvalue weighted by molar-refractivity contribution is 0.0698. The molecule has 0 amide bonds. The number of carbonyl (C=O) groups is 1. The maximum atomic E-state index is 11.7. The predicted molar refractivity (Wildman–Crippen MR) is 86.1 cm³/mol. The van der Waals surface area contributed by atoms with Crippen LogP contribution in [0.2, 0.25) is 0 Å². The Balaban J connectivity index is 2.92. The Morgan fingerprint density at radius 1 is 1.29 bits per heavy atom. The number of benzene rings is 1. The normalized spacial score (nSPS) is 12.1. The van der Waals surface area contributed by atoms with Gasteiger partial charge in [-0.1, -0.05) is 20.8 Å².